The van der Waals surface area contributed by atoms with Crippen LogP contribution in [0.25, 0.3) is 0 Å². The minimum atomic E-state index is -0.403. The maximum atomic E-state index is 12.1. The van der Waals surface area contributed by atoms with Crippen LogP contribution in [0.15, 0.2) is 24.3 Å². The van der Waals surface area contributed by atoms with Crippen molar-refractivity contribution < 1.29 is 9.72 Å². The van der Waals surface area contributed by atoms with E-state index in [9.17, 15) is 14.9 Å². The number of carbonyl (C=O) groups excluding carboxylic acids is 1. The second-order valence-electron chi connectivity index (χ2n) is 5.71. The summed E-state index contributed by atoms with van der Waals surface area (Å²) >= 11 is 1.35. The number of hydrogen-bond acceptors (Lipinski definition) is 8. The number of anilines is 2. The number of nitro groups is 1. The summed E-state index contributed by atoms with van der Waals surface area (Å²) in [6.45, 7) is 5.18. The molecule has 9 nitrogen and oxygen atoms in total. The Morgan fingerprint density at radius 2 is 1.92 bits per heavy atom. The third-order valence-corrected chi connectivity index (χ3v) is 4.69. The Morgan fingerprint density at radius 1 is 1.24 bits per heavy atom. The molecule has 2 aromatic rings. The van der Waals surface area contributed by atoms with Crippen LogP contribution >= 0.6 is 11.3 Å². The largest absolute Gasteiger partial charge is 0.369 e. The van der Waals surface area contributed by atoms with Crippen molar-refractivity contribution in [3.63, 3.8) is 0 Å². The predicted molar refractivity (Wildman–Crippen MR) is 95.0 cm³/mol. The molecule has 0 atom stereocenters. The molecule has 1 aliphatic rings. The molecule has 1 aromatic carbocycles. The molecule has 0 bridgehead atoms. The lowest BCUT2D eigenvalue weighted by Gasteiger charge is -2.35. The van der Waals surface area contributed by atoms with E-state index in [0.29, 0.717) is 11.7 Å². The first-order valence-corrected chi connectivity index (χ1v) is 8.64. The van der Waals surface area contributed by atoms with Crippen molar-refractivity contribution in [1.82, 2.24) is 15.1 Å². The van der Waals surface area contributed by atoms with E-state index in [4.69, 9.17) is 0 Å². The molecule has 10 heteroatoms. The summed E-state index contributed by atoms with van der Waals surface area (Å²) < 4.78 is 0. The van der Waals surface area contributed by atoms with E-state index >= 15 is 0 Å². The summed E-state index contributed by atoms with van der Waals surface area (Å²) in [7, 11) is 0. The molecule has 1 saturated heterocycles. The first-order chi connectivity index (χ1) is 12.0. The van der Waals surface area contributed by atoms with Crippen LogP contribution in [-0.4, -0.2) is 58.7 Å². The van der Waals surface area contributed by atoms with Gasteiger partial charge in [-0.2, -0.15) is 0 Å². The van der Waals surface area contributed by atoms with Gasteiger partial charge in [0.15, 0.2) is 0 Å². The summed E-state index contributed by atoms with van der Waals surface area (Å²) in [5.41, 5.74) is 1.05. The third kappa shape index (κ3) is 4.48. The summed E-state index contributed by atoms with van der Waals surface area (Å²) in [6, 6.07) is 6.55. The Labute approximate surface area is 148 Å². The Morgan fingerprint density at radius 3 is 2.48 bits per heavy atom. The van der Waals surface area contributed by atoms with Crippen LogP contribution in [-0.2, 0) is 4.79 Å². The molecule has 0 radical (unpaired) electrons. The molecule has 1 N–H and O–H groups in total. The lowest BCUT2D eigenvalue weighted by atomic mass is 10.2. The highest BCUT2D eigenvalue weighted by atomic mass is 32.1. The van der Waals surface area contributed by atoms with Crippen LogP contribution in [0.5, 0.6) is 0 Å². The van der Waals surface area contributed by atoms with Gasteiger partial charge < -0.3 is 4.90 Å². The number of carbonyl (C=O) groups is 1. The molecule has 1 aromatic heterocycles. The summed E-state index contributed by atoms with van der Waals surface area (Å²) in [5, 5.41) is 22.5. The van der Waals surface area contributed by atoms with Crippen LogP contribution in [0.1, 0.15) is 5.01 Å². The number of nitrogens with zero attached hydrogens (tertiary/aromatic N) is 5. The highest BCUT2D eigenvalue weighted by molar-refractivity contribution is 7.15. The van der Waals surface area contributed by atoms with Gasteiger partial charge in [-0.15, -0.1) is 10.2 Å². The van der Waals surface area contributed by atoms with Gasteiger partial charge in [-0.25, -0.2) is 0 Å². The van der Waals surface area contributed by atoms with Crippen molar-refractivity contribution in [2.75, 3.05) is 42.9 Å². The third-order valence-electron chi connectivity index (χ3n) is 3.94. The van der Waals surface area contributed by atoms with Crippen molar-refractivity contribution >= 4 is 33.8 Å². The normalized spacial score (nSPS) is 15.2. The standard InChI is InChI=1S/C15H18N6O3S/c1-11-17-18-15(25-11)16-14(22)10-19-6-8-20(9-7-19)12-2-4-13(5-3-12)21(23)24/h2-5H,6-10H2,1H3,(H,16,18,22). The van der Waals surface area contributed by atoms with Crippen LogP contribution in [0.3, 0.4) is 0 Å². The van der Waals surface area contributed by atoms with Crippen molar-refractivity contribution in [2.24, 2.45) is 0 Å². The van der Waals surface area contributed by atoms with Gasteiger partial charge in [0, 0.05) is 44.0 Å². The van der Waals surface area contributed by atoms with Gasteiger partial charge in [-0.3, -0.25) is 25.1 Å². The minimum Gasteiger partial charge on any atom is -0.369 e. The number of benzene rings is 1. The highest BCUT2D eigenvalue weighted by Gasteiger charge is 2.20. The van der Waals surface area contributed by atoms with Crippen LogP contribution in [0.4, 0.5) is 16.5 Å². The fourth-order valence-corrected chi connectivity index (χ4v) is 3.27. The molecule has 2 heterocycles. The lowest BCUT2D eigenvalue weighted by Crippen LogP contribution is -2.48. The Balaban J connectivity index is 1.48. The van der Waals surface area contributed by atoms with Gasteiger partial charge in [-0.05, 0) is 19.1 Å². The number of nitro benzene ring substituents is 1. The number of rotatable bonds is 5. The van der Waals surface area contributed by atoms with Gasteiger partial charge in [0.2, 0.25) is 11.0 Å². The molecular formula is C15H18N6O3S. The molecule has 132 valence electrons. The van der Waals surface area contributed by atoms with E-state index in [1.54, 1.807) is 12.1 Å². The van der Waals surface area contributed by atoms with Crippen molar-refractivity contribution in [3.05, 3.63) is 39.4 Å². The zero-order valence-corrected chi connectivity index (χ0v) is 14.5. The highest BCUT2D eigenvalue weighted by Crippen LogP contribution is 2.20. The summed E-state index contributed by atoms with van der Waals surface area (Å²) in [4.78, 5) is 26.6. The van der Waals surface area contributed by atoms with Crippen LogP contribution in [0, 0.1) is 17.0 Å². The topological polar surface area (TPSA) is 104 Å². The van der Waals surface area contributed by atoms with Crippen molar-refractivity contribution in [3.8, 4) is 0 Å². The first-order valence-electron chi connectivity index (χ1n) is 7.83. The van der Waals surface area contributed by atoms with E-state index < -0.39 is 4.92 Å². The average molecular weight is 362 g/mol. The van der Waals surface area contributed by atoms with E-state index in [1.165, 1.54) is 23.5 Å². The fraction of sp³-hybridized carbons (Fsp3) is 0.400. The number of piperazine rings is 1. The van der Waals surface area contributed by atoms with Gasteiger partial charge in [0.25, 0.3) is 5.69 Å². The molecule has 25 heavy (non-hydrogen) atoms. The second kappa shape index (κ2) is 7.53. The number of nitrogens with one attached hydrogen (secondary N) is 1. The molecule has 1 fully saturated rings. The minimum absolute atomic E-state index is 0.0889. The second-order valence-corrected chi connectivity index (χ2v) is 6.89. The molecule has 3 rings (SSSR count). The quantitative estimate of drug-likeness (QED) is 0.635. The maximum Gasteiger partial charge on any atom is 0.269 e. The summed E-state index contributed by atoms with van der Waals surface area (Å²) in [5.74, 6) is -0.0973. The zero-order chi connectivity index (χ0) is 17.8. The van der Waals surface area contributed by atoms with Gasteiger partial charge in [0.05, 0.1) is 11.5 Å². The zero-order valence-electron chi connectivity index (χ0n) is 13.7. The van der Waals surface area contributed by atoms with Crippen LogP contribution < -0.4 is 10.2 Å². The molecule has 0 spiro atoms. The lowest BCUT2D eigenvalue weighted by molar-refractivity contribution is -0.384. The van der Waals surface area contributed by atoms with Crippen LogP contribution in [0.2, 0.25) is 0 Å². The Bertz CT molecular complexity index is 755. The predicted octanol–water partition coefficient (Wildman–Crippen LogP) is 1.52. The van der Waals surface area contributed by atoms with Crippen molar-refractivity contribution in [1.29, 1.82) is 0 Å². The summed E-state index contributed by atoms with van der Waals surface area (Å²) in [6.07, 6.45) is 0. The molecule has 1 amide bonds. The van der Waals surface area contributed by atoms with E-state index in [1.807, 2.05) is 6.92 Å². The van der Waals surface area contributed by atoms with Gasteiger partial charge in [0.1, 0.15) is 5.01 Å². The van der Waals surface area contributed by atoms with Crippen molar-refractivity contribution in [2.45, 2.75) is 6.92 Å². The van der Waals surface area contributed by atoms with E-state index in [2.05, 4.69) is 25.3 Å². The number of amides is 1. The maximum absolute atomic E-state index is 12.1. The smallest absolute Gasteiger partial charge is 0.269 e. The van der Waals surface area contributed by atoms with Gasteiger partial charge in [-0.1, -0.05) is 11.3 Å². The number of aryl methyl sites for hydroxylation is 1. The number of aromatic nitrogens is 2. The Kier molecular flexibility index (Phi) is 5.19. The monoisotopic (exact) mass is 362 g/mol. The number of non-ortho nitro benzene ring substituents is 1. The molecule has 0 unspecified atom stereocenters. The average Bonchev–Trinajstić information content (AvgIpc) is 3.00. The van der Waals surface area contributed by atoms with Gasteiger partial charge >= 0.3 is 0 Å². The fourth-order valence-electron chi connectivity index (χ4n) is 2.66. The molecule has 0 saturated carbocycles. The Hall–Kier alpha value is -2.59. The molecule has 0 aliphatic carbocycles. The first kappa shape index (κ1) is 17.2. The molecular weight excluding hydrogens is 344 g/mol. The molecule has 1 aliphatic heterocycles. The number of hydrogen-bond donors (Lipinski definition) is 1. The van der Waals surface area contributed by atoms with E-state index in [-0.39, 0.29) is 11.6 Å². The SMILES string of the molecule is Cc1nnc(NC(=O)CN2CCN(c3ccc([N+](=O)[O-])cc3)CC2)s1. The van der Waals surface area contributed by atoms with E-state index in [0.717, 1.165) is 36.9 Å².